The Morgan fingerprint density at radius 2 is 1.71 bits per heavy atom. The molecule has 0 unspecified atom stereocenters. The van der Waals surface area contributed by atoms with Crippen LogP contribution < -0.4 is 10.6 Å². The second-order valence-corrected chi connectivity index (χ2v) is 8.81. The maximum atomic E-state index is 12.4. The van der Waals surface area contributed by atoms with Crippen LogP contribution in [0.25, 0.3) is 11.1 Å². The molecule has 2 aromatic carbocycles. The molecule has 35 heavy (non-hydrogen) atoms. The number of fused-ring (bicyclic) bond motifs is 3. The summed E-state index contributed by atoms with van der Waals surface area (Å²) in [5.74, 6) is -1.64. The van der Waals surface area contributed by atoms with Gasteiger partial charge in [0.1, 0.15) is 12.1 Å². The van der Waals surface area contributed by atoms with E-state index in [-0.39, 0.29) is 31.3 Å². The second-order valence-electron chi connectivity index (χ2n) is 8.81. The highest BCUT2D eigenvalue weighted by Gasteiger charge is 2.46. The summed E-state index contributed by atoms with van der Waals surface area (Å²) in [7, 11) is 0. The van der Waals surface area contributed by atoms with Gasteiger partial charge in [-0.05, 0) is 41.5 Å². The summed E-state index contributed by atoms with van der Waals surface area (Å²) in [6.07, 6.45) is 2.42. The normalized spacial score (nSPS) is 15.4. The number of nitrogens with one attached hydrogen (secondary N) is 2. The fourth-order valence-electron chi connectivity index (χ4n) is 4.64. The van der Waals surface area contributed by atoms with Gasteiger partial charge in [0.25, 0.3) is 5.91 Å². The number of aliphatic carboxylic acids is 1. The van der Waals surface area contributed by atoms with Gasteiger partial charge in [0, 0.05) is 12.5 Å². The Kier molecular flexibility index (Phi) is 5.94. The van der Waals surface area contributed by atoms with E-state index in [0.29, 0.717) is 12.8 Å². The van der Waals surface area contributed by atoms with E-state index in [0.717, 1.165) is 28.7 Å². The van der Waals surface area contributed by atoms with Gasteiger partial charge < -0.3 is 20.5 Å². The van der Waals surface area contributed by atoms with E-state index in [4.69, 9.17) is 4.74 Å². The summed E-state index contributed by atoms with van der Waals surface area (Å²) in [4.78, 5) is 36.1. The number of ether oxygens (including phenoxy) is 1. The van der Waals surface area contributed by atoms with E-state index in [1.54, 1.807) is 0 Å². The van der Waals surface area contributed by atoms with Crippen molar-refractivity contribution in [3.63, 3.8) is 0 Å². The number of benzene rings is 2. The average Bonchev–Trinajstić information content (AvgIpc) is 3.43. The number of nitrogens with zero attached hydrogens (tertiary/aromatic N) is 3. The summed E-state index contributed by atoms with van der Waals surface area (Å²) in [5.41, 5.74) is 3.41. The van der Waals surface area contributed by atoms with E-state index in [2.05, 4.69) is 45.2 Å². The van der Waals surface area contributed by atoms with Crippen molar-refractivity contribution in [3.8, 4) is 11.1 Å². The van der Waals surface area contributed by atoms with Crippen LogP contribution in [0.15, 0.2) is 54.7 Å². The highest BCUT2D eigenvalue weighted by Crippen LogP contribution is 2.44. The Hall–Kier alpha value is -4.21. The van der Waals surface area contributed by atoms with Gasteiger partial charge in [-0.1, -0.05) is 53.7 Å². The number of rotatable bonds is 8. The van der Waals surface area contributed by atoms with Crippen molar-refractivity contribution < 1.29 is 24.2 Å². The molecule has 1 aromatic heterocycles. The summed E-state index contributed by atoms with van der Waals surface area (Å²) in [5, 5.41) is 22.3. The number of aromatic nitrogens is 3. The number of hydrogen-bond acceptors (Lipinski definition) is 6. The first-order valence-electron chi connectivity index (χ1n) is 11.5. The minimum Gasteiger partial charge on any atom is -0.480 e. The Morgan fingerprint density at radius 1 is 1.06 bits per heavy atom. The molecule has 0 spiro atoms. The molecule has 0 aliphatic heterocycles. The third-order valence-corrected chi connectivity index (χ3v) is 6.69. The molecule has 3 aromatic rings. The molecule has 10 heteroatoms. The zero-order chi connectivity index (χ0) is 24.4. The summed E-state index contributed by atoms with van der Waals surface area (Å²) >= 11 is 0. The molecule has 0 atom stereocenters. The fraction of sp³-hybridized carbons (Fsp3) is 0.320. The number of hydrogen-bond donors (Lipinski definition) is 3. The molecule has 0 radical (unpaired) electrons. The molecule has 1 saturated carbocycles. The number of amides is 2. The fourth-order valence-corrected chi connectivity index (χ4v) is 4.64. The van der Waals surface area contributed by atoms with E-state index in [1.807, 2.05) is 24.3 Å². The van der Waals surface area contributed by atoms with Crippen molar-refractivity contribution in [2.24, 2.45) is 0 Å². The van der Waals surface area contributed by atoms with Gasteiger partial charge in [0.2, 0.25) is 0 Å². The first-order valence-corrected chi connectivity index (χ1v) is 11.5. The Balaban J connectivity index is 1.11. The van der Waals surface area contributed by atoms with Crippen molar-refractivity contribution in [3.05, 3.63) is 71.5 Å². The highest BCUT2D eigenvalue weighted by atomic mass is 16.5. The van der Waals surface area contributed by atoms with Gasteiger partial charge in [0.15, 0.2) is 5.69 Å². The molecule has 2 aliphatic carbocycles. The van der Waals surface area contributed by atoms with Gasteiger partial charge in [-0.2, -0.15) is 0 Å². The Bertz CT molecular complexity index is 1240. The summed E-state index contributed by atoms with van der Waals surface area (Å²) < 4.78 is 6.91. The van der Waals surface area contributed by atoms with Crippen LogP contribution in [0.2, 0.25) is 0 Å². The molecule has 0 bridgehead atoms. The SMILES string of the molecule is O=C(NCCn1cc(C(=O)NC2(C(=O)O)CCC2)nn1)OCC1c2ccccc2-c2ccccc21. The van der Waals surface area contributed by atoms with Gasteiger partial charge in [0.05, 0.1) is 12.7 Å². The third-order valence-electron chi connectivity index (χ3n) is 6.69. The Labute approximate surface area is 201 Å². The van der Waals surface area contributed by atoms with Crippen molar-refractivity contribution in [1.29, 1.82) is 0 Å². The second kappa shape index (κ2) is 9.21. The summed E-state index contributed by atoms with van der Waals surface area (Å²) in [6, 6.07) is 16.2. The maximum absolute atomic E-state index is 12.4. The van der Waals surface area contributed by atoms with E-state index in [1.165, 1.54) is 10.9 Å². The van der Waals surface area contributed by atoms with Crippen LogP contribution in [0.3, 0.4) is 0 Å². The molecule has 10 nitrogen and oxygen atoms in total. The van der Waals surface area contributed by atoms with E-state index in [9.17, 15) is 19.5 Å². The molecular formula is C25H25N5O5. The van der Waals surface area contributed by atoms with Crippen molar-refractivity contribution in [2.75, 3.05) is 13.2 Å². The molecule has 2 aliphatic rings. The van der Waals surface area contributed by atoms with Gasteiger partial charge in [-0.15, -0.1) is 5.10 Å². The van der Waals surface area contributed by atoms with Crippen molar-refractivity contribution in [2.45, 2.75) is 37.3 Å². The number of alkyl carbamates (subject to hydrolysis) is 1. The van der Waals surface area contributed by atoms with Crippen molar-refractivity contribution >= 4 is 18.0 Å². The predicted molar refractivity (Wildman–Crippen MR) is 125 cm³/mol. The molecule has 0 saturated heterocycles. The predicted octanol–water partition coefficient (Wildman–Crippen LogP) is 2.55. The zero-order valence-electron chi connectivity index (χ0n) is 18.9. The molecular weight excluding hydrogens is 450 g/mol. The monoisotopic (exact) mass is 475 g/mol. The van der Waals surface area contributed by atoms with Crippen LogP contribution in [0, 0.1) is 0 Å². The number of carbonyl (C=O) groups is 3. The lowest BCUT2D eigenvalue weighted by molar-refractivity contribution is -0.148. The molecule has 5 rings (SSSR count). The Morgan fingerprint density at radius 3 is 2.31 bits per heavy atom. The highest BCUT2D eigenvalue weighted by molar-refractivity contribution is 5.96. The number of carbonyl (C=O) groups excluding carboxylic acids is 2. The first-order chi connectivity index (χ1) is 17.0. The smallest absolute Gasteiger partial charge is 0.407 e. The van der Waals surface area contributed by atoms with Crippen molar-refractivity contribution in [1.82, 2.24) is 25.6 Å². The quantitative estimate of drug-likeness (QED) is 0.456. The molecule has 1 heterocycles. The molecule has 180 valence electrons. The van der Waals surface area contributed by atoms with E-state index >= 15 is 0 Å². The van der Waals surface area contributed by atoms with Crippen LogP contribution in [-0.2, 0) is 16.1 Å². The first kappa shape index (κ1) is 22.6. The summed E-state index contributed by atoms with van der Waals surface area (Å²) in [6.45, 7) is 0.716. The lowest BCUT2D eigenvalue weighted by Gasteiger charge is -2.37. The molecule has 1 fully saturated rings. The van der Waals surface area contributed by atoms with E-state index < -0.39 is 23.5 Å². The lowest BCUT2D eigenvalue weighted by atomic mass is 9.76. The van der Waals surface area contributed by atoms with Gasteiger partial charge >= 0.3 is 12.1 Å². The minimum atomic E-state index is -1.22. The average molecular weight is 476 g/mol. The van der Waals surface area contributed by atoms with Gasteiger partial charge in [-0.25, -0.2) is 14.3 Å². The van der Waals surface area contributed by atoms with Gasteiger partial charge in [-0.3, -0.25) is 4.79 Å². The number of carboxylic acids is 1. The maximum Gasteiger partial charge on any atom is 0.407 e. The van der Waals surface area contributed by atoms with Crippen LogP contribution in [-0.4, -0.2) is 56.8 Å². The standard InChI is InChI=1S/C25H25N5O5/c31-22(27-25(23(32)33)10-5-11-25)21-14-30(29-28-21)13-12-26-24(34)35-15-20-18-8-3-1-6-16(18)17-7-2-4-9-19(17)20/h1-4,6-9,14,20H,5,10-13,15H2,(H,26,34)(H,27,31)(H,32,33). The van der Waals surface area contributed by atoms with Crippen LogP contribution in [0.5, 0.6) is 0 Å². The molecule has 3 N–H and O–H groups in total. The lowest BCUT2D eigenvalue weighted by Crippen LogP contribution is -2.59. The molecule has 2 amide bonds. The topological polar surface area (TPSA) is 135 Å². The zero-order valence-corrected chi connectivity index (χ0v) is 18.9. The number of carboxylic acid groups (broad SMARTS) is 1. The third kappa shape index (κ3) is 4.34. The van der Waals surface area contributed by atoms with Crippen LogP contribution in [0.4, 0.5) is 4.79 Å². The van der Waals surface area contributed by atoms with Crippen LogP contribution >= 0.6 is 0 Å². The minimum absolute atomic E-state index is 0.0192. The largest absolute Gasteiger partial charge is 0.480 e. The van der Waals surface area contributed by atoms with Crippen LogP contribution in [0.1, 0.15) is 46.8 Å².